The molecule has 0 unspecified atom stereocenters. The number of nitrogens with one attached hydrogen (secondary N) is 2. The molecule has 0 aliphatic heterocycles. The van der Waals surface area contributed by atoms with Gasteiger partial charge in [0, 0.05) is 30.7 Å². The number of aliphatic imine (C=N–C) groups is 1. The Morgan fingerprint density at radius 3 is 2.39 bits per heavy atom. The first kappa shape index (κ1) is 19.3. The number of nitrogens with zero attached hydrogens (tertiary/aromatic N) is 2. The minimum Gasteiger partial charge on any atom is -0.357 e. The van der Waals surface area contributed by atoms with E-state index in [0.717, 1.165) is 17.1 Å². The summed E-state index contributed by atoms with van der Waals surface area (Å²) in [5.41, 5.74) is 0.877. The van der Waals surface area contributed by atoms with Crippen molar-refractivity contribution in [3.8, 4) is 0 Å². The lowest BCUT2D eigenvalue weighted by molar-refractivity contribution is -0.121. The zero-order valence-electron chi connectivity index (χ0n) is 14.6. The first-order chi connectivity index (χ1) is 10.7. The van der Waals surface area contributed by atoms with Gasteiger partial charge in [-0.05, 0) is 45.4 Å². The summed E-state index contributed by atoms with van der Waals surface area (Å²) >= 11 is 5.90. The molecule has 5 nitrogen and oxygen atoms in total. The van der Waals surface area contributed by atoms with Crippen molar-refractivity contribution in [3.63, 3.8) is 0 Å². The summed E-state index contributed by atoms with van der Waals surface area (Å²) < 4.78 is 0. The maximum atomic E-state index is 11.9. The summed E-state index contributed by atoms with van der Waals surface area (Å²) in [6.07, 6.45) is 0. The molecule has 0 fully saturated rings. The van der Waals surface area contributed by atoms with Crippen LogP contribution >= 0.6 is 11.6 Å². The standard InChI is InChI=1S/C17H27ClN4O/c1-6-19-16(20-11-15(23)21-17(2,3)4)22(5)12-13-7-9-14(18)10-8-13/h7-10H,6,11-12H2,1-5H3,(H,19,20)(H,21,23). The van der Waals surface area contributed by atoms with Gasteiger partial charge < -0.3 is 15.5 Å². The van der Waals surface area contributed by atoms with Crippen LogP contribution in [0.4, 0.5) is 0 Å². The molecule has 1 aromatic rings. The van der Waals surface area contributed by atoms with Crippen LogP contribution < -0.4 is 10.6 Å². The highest BCUT2D eigenvalue weighted by atomic mass is 35.5. The SMILES string of the molecule is CCNC(=NCC(=O)NC(C)(C)C)N(C)Cc1ccc(Cl)cc1. The van der Waals surface area contributed by atoms with Crippen molar-refractivity contribution in [1.82, 2.24) is 15.5 Å². The highest BCUT2D eigenvalue weighted by Crippen LogP contribution is 2.11. The Hall–Kier alpha value is -1.75. The average Bonchev–Trinajstić information content (AvgIpc) is 2.44. The molecule has 1 aromatic carbocycles. The Morgan fingerprint density at radius 1 is 1.26 bits per heavy atom. The minimum atomic E-state index is -0.250. The van der Waals surface area contributed by atoms with E-state index in [9.17, 15) is 4.79 Å². The molecule has 0 spiro atoms. The molecule has 0 atom stereocenters. The molecule has 23 heavy (non-hydrogen) atoms. The molecule has 0 aliphatic carbocycles. The summed E-state index contributed by atoms with van der Waals surface area (Å²) in [5, 5.41) is 6.82. The van der Waals surface area contributed by atoms with E-state index in [1.54, 1.807) is 0 Å². The van der Waals surface area contributed by atoms with Gasteiger partial charge in [-0.15, -0.1) is 0 Å². The Kier molecular flexibility index (Phi) is 7.36. The summed E-state index contributed by atoms with van der Waals surface area (Å²) in [6, 6.07) is 7.70. The minimum absolute atomic E-state index is 0.0900. The van der Waals surface area contributed by atoms with Gasteiger partial charge in [-0.25, -0.2) is 4.99 Å². The summed E-state index contributed by atoms with van der Waals surface area (Å²) in [7, 11) is 1.94. The van der Waals surface area contributed by atoms with Gasteiger partial charge in [-0.1, -0.05) is 23.7 Å². The van der Waals surface area contributed by atoms with Gasteiger partial charge in [0.2, 0.25) is 5.91 Å². The molecular weight excluding hydrogens is 312 g/mol. The Balaban J connectivity index is 2.69. The average molecular weight is 339 g/mol. The highest BCUT2D eigenvalue weighted by Gasteiger charge is 2.14. The molecule has 1 rings (SSSR count). The Morgan fingerprint density at radius 2 is 1.87 bits per heavy atom. The second-order valence-electron chi connectivity index (χ2n) is 6.45. The number of benzene rings is 1. The van der Waals surface area contributed by atoms with E-state index in [1.807, 2.05) is 63.9 Å². The van der Waals surface area contributed by atoms with E-state index < -0.39 is 0 Å². The van der Waals surface area contributed by atoms with Crippen LogP contribution in [0.5, 0.6) is 0 Å². The Labute approximate surface area is 144 Å². The van der Waals surface area contributed by atoms with Gasteiger partial charge in [-0.3, -0.25) is 4.79 Å². The number of hydrogen-bond donors (Lipinski definition) is 2. The van der Waals surface area contributed by atoms with Gasteiger partial charge in [0.25, 0.3) is 0 Å². The van der Waals surface area contributed by atoms with E-state index in [-0.39, 0.29) is 18.0 Å². The molecule has 128 valence electrons. The van der Waals surface area contributed by atoms with Crippen molar-refractivity contribution in [1.29, 1.82) is 0 Å². The van der Waals surface area contributed by atoms with Crippen molar-refractivity contribution in [2.24, 2.45) is 4.99 Å². The molecule has 2 N–H and O–H groups in total. The number of amides is 1. The van der Waals surface area contributed by atoms with Crippen LogP contribution in [0, 0.1) is 0 Å². The molecule has 0 aliphatic rings. The number of halogens is 1. The molecule has 0 saturated carbocycles. The number of guanidine groups is 1. The molecule has 1 amide bonds. The van der Waals surface area contributed by atoms with Gasteiger partial charge in [0.05, 0.1) is 0 Å². The fraction of sp³-hybridized carbons (Fsp3) is 0.529. The number of rotatable bonds is 5. The maximum Gasteiger partial charge on any atom is 0.242 e. The van der Waals surface area contributed by atoms with Crippen molar-refractivity contribution in [2.75, 3.05) is 20.1 Å². The number of hydrogen-bond acceptors (Lipinski definition) is 2. The fourth-order valence-electron chi connectivity index (χ4n) is 2.01. The van der Waals surface area contributed by atoms with Crippen molar-refractivity contribution >= 4 is 23.5 Å². The molecule has 6 heteroatoms. The fourth-order valence-corrected chi connectivity index (χ4v) is 2.14. The number of carbonyl (C=O) groups is 1. The molecular formula is C17H27ClN4O. The summed E-state index contributed by atoms with van der Waals surface area (Å²) in [5.74, 6) is 0.610. The first-order valence-corrected chi connectivity index (χ1v) is 8.14. The zero-order valence-corrected chi connectivity index (χ0v) is 15.4. The quantitative estimate of drug-likeness (QED) is 0.641. The van der Waals surface area contributed by atoms with Crippen LogP contribution in [0.25, 0.3) is 0 Å². The molecule has 0 aromatic heterocycles. The van der Waals surface area contributed by atoms with E-state index in [2.05, 4.69) is 15.6 Å². The van der Waals surface area contributed by atoms with E-state index >= 15 is 0 Å². The lowest BCUT2D eigenvalue weighted by Crippen LogP contribution is -2.43. The smallest absolute Gasteiger partial charge is 0.242 e. The largest absolute Gasteiger partial charge is 0.357 e. The van der Waals surface area contributed by atoms with Crippen molar-refractivity contribution in [3.05, 3.63) is 34.9 Å². The predicted molar refractivity (Wildman–Crippen MR) is 96.8 cm³/mol. The third kappa shape index (κ3) is 7.88. The van der Waals surface area contributed by atoms with Gasteiger partial charge >= 0.3 is 0 Å². The Bertz CT molecular complexity index is 535. The predicted octanol–water partition coefficient (Wildman–Crippen LogP) is 2.65. The van der Waals surface area contributed by atoms with Crippen LogP contribution in [-0.2, 0) is 11.3 Å². The molecule has 0 radical (unpaired) electrons. The highest BCUT2D eigenvalue weighted by molar-refractivity contribution is 6.30. The van der Waals surface area contributed by atoms with Crippen LogP contribution in [0.1, 0.15) is 33.3 Å². The first-order valence-electron chi connectivity index (χ1n) is 7.76. The van der Waals surface area contributed by atoms with E-state index in [0.29, 0.717) is 12.5 Å². The summed E-state index contributed by atoms with van der Waals surface area (Å²) in [4.78, 5) is 18.3. The van der Waals surface area contributed by atoms with Crippen LogP contribution in [0.2, 0.25) is 5.02 Å². The number of carbonyl (C=O) groups excluding carboxylic acids is 1. The zero-order chi connectivity index (χ0) is 17.5. The van der Waals surface area contributed by atoms with Crippen LogP contribution in [0.3, 0.4) is 0 Å². The van der Waals surface area contributed by atoms with Crippen molar-refractivity contribution in [2.45, 2.75) is 39.8 Å². The van der Waals surface area contributed by atoms with Crippen LogP contribution in [-0.4, -0.2) is 42.4 Å². The maximum absolute atomic E-state index is 11.9. The van der Waals surface area contributed by atoms with Gasteiger partial charge in [-0.2, -0.15) is 0 Å². The monoisotopic (exact) mass is 338 g/mol. The lowest BCUT2D eigenvalue weighted by Gasteiger charge is -2.23. The van der Waals surface area contributed by atoms with E-state index in [1.165, 1.54) is 0 Å². The van der Waals surface area contributed by atoms with Gasteiger partial charge in [0.1, 0.15) is 6.54 Å². The normalized spacial score (nSPS) is 12.0. The third-order valence-electron chi connectivity index (χ3n) is 2.92. The second-order valence-corrected chi connectivity index (χ2v) is 6.89. The van der Waals surface area contributed by atoms with E-state index in [4.69, 9.17) is 11.6 Å². The molecule has 0 heterocycles. The molecule has 0 saturated heterocycles. The topological polar surface area (TPSA) is 56.7 Å². The summed E-state index contributed by atoms with van der Waals surface area (Å²) in [6.45, 7) is 9.38. The second kappa shape index (κ2) is 8.77. The van der Waals surface area contributed by atoms with Gasteiger partial charge in [0.15, 0.2) is 5.96 Å². The van der Waals surface area contributed by atoms with Crippen molar-refractivity contribution < 1.29 is 4.79 Å². The molecule has 0 bridgehead atoms. The van der Waals surface area contributed by atoms with Crippen LogP contribution in [0.15, 0.2) is 29.3 Å². The third-order valence-corrected chi connectivity index (χ3v) is 3.17. The lowest BCUT2D eigenvalue weighted by atomic mass is 10.1.